The summed E-state index contributed by atoms with van der Waals surface area (Å²) in [5, 5.41) is 24.4. The van der Waals surface area contributed by atoms with Crippen LogP contribution in [0.25, 0.3) is 17.0 Å². The van der Waals surface area contributed by atoms with E-state index in [4.69, 9.17) is 0 Å². The highest BCUT2D eigenvalue weighted by Crippen LogP contribution is 2.20. The lowest BCUT2D eigenvalue weighted by molar-refractivity contribution is 0.636. The SMILES string of the molecule is c1cnn(CCNc2ccc3nnc(-c4ccsc4)n3n2)c1. The lowest BCUT2D eigenvalue weighted by atomic mass is 10.3. The topological polar surface area (TPSA) is 72.9 Å². The van der Waals surface area contributed by atoms with E-state index in [0.29, 0.717) is 0 Å². The van der Waals surface area contributed by atoms with Gasteiger partial charge in [-0.3, -0.25) is 4.68 Å². The Morgan fingerprint density at radius 3 is 3.00 bits per heavy atom. The molecule has 4 rings (SSSR count). The number of hydrogen-bond acceptors (Lipinski definition) is 6. The van der Waals surface area contributed by atoms with Crippen LogP contribution in [-0.2, 0) is 6.54 Å². The number of hydrogen-bond donors (Lipinski definition) is 1. The third kappa shape index (κ3) is 2.44. The number of nitrogens with zero attached hydrogens (tertiary/aromatic N) is 6. The van der Waals surface area contributed by atoms with Gasteiger partial charge in [-0.1, -0.05) is 0 Å². The van der Waals surface area contributed by atoms with Crippen LogP contribution in [0.4, 0.5) is 5.82 Å². The standard InChI is InChI=1S/C14H13N7S/c1-5-16-20(7-1)8-6-15-12-2-3-13-17-18-14(21(13)19-12)11-4-9-22-10-11/h1-5,7,9-10H,6,8H2,(H,15,19). The van der Waals surface area contributed by atoms with Crippen molar-refractivity contribution in [2.45, 2.75) is 6.54 Å². The second-order valence-corrected chi connectivity index (χ2v) is 5.50. The first-order chi connectivity index (χ1) is 10.9. The molecule has 0 saturated carbocycles. The van der Waals surface area contributed by atoms with Crippen LogP contribution in [0.5, 0.6) is 0 Å². The third-order valence-electron chi connectivity index (χ3n) is 3.25. The maximum absolute atomic E-state index is 4.57. The van der Waals surface area contributed by atoms with Gasteiger partial charge >= 0.3 is 0 Å². The van der Waals surface area contributed by atoms with Crippen LogP contribution in [0.2, 0.25) is 0 Å². The fourth-order valence-electron chi connectivity index (χ4n) is 2.19. The van der Waals surface area contributed by atoms with Crippen molar-refractivity contribution >= 4 is 22.8 Å². The van der Waals surface area contributed by atoms with Gasteiger partial charge < -0.3 is 5.32 Å². The van der Waals surface area contributed by atoms with Gasteiger partial charge in [0.2, 0.25) is 0 Å². The Labute approximate surface area is 130 Å². The van der Waals surface area contributed by atoms with Crippen molar-refractivity contribution in [3.05, 3.63) is 47.4 Å². The lowest BCUT2D eigenvalue weighted by Gasteiger charge is -2.06. The maximum atomic E-state index is 4.57. The quantitative estimate of drug-likeness (QED) is 0.611. The summed E-state index contributed by atoms with van der Waals surface area (Å²) in [6.45, 7) is 1.53. The minimum atomic E-state index is 0.735. The molecule has 0 radical (unpaired) electrons. The van der Waals surface area contributed by atoms with Crippen molar-refractivity contribution in [3.63, 3.8) is 0 Å². The van der Waals surface area contributed by atoms with Gasteiger partial charge in [-0.25, -0.2) is 0 Å². The highest BCUT2D eigenvalue weighted by molar-refractivity contribution is 7.08. The summed E-state index contributed by atoms with van der Waals surface area (Å²) in [7, 11) is 0. The van der Waals surface area contributed by atoms with E-state index in [1.54, 1.807) is 22.0 Å². The van der Waals surface area contributed by atoms with E-state index in [2.05, 4.69) is 25.7 Å². The minimum Gasteiger partial charge on any atom is -0.367 e. The molecule has 0 aliphatic carbocycles. The van der Waals surface area contributed by atoms with Gasteiger partial charge in [0, 0.05) is 29.9 Å². The summed E-state index contributed by atoms with van der Waals surface area (Å²) < 4.78 is 3.64. The van der Waals surface area contributed by atoms with E-state index in [1.807, 2.05) is 45.9 Å². The van der Waals surface area contributed by atoms with Gasteiger partial charge in [0.15, 0.2) is 11.5 Å². The van der Waals surface area contributed by atoms with Crippen LogP contribution in [0, 0.1) is 0 Å². The molecule has 0 unspecified atom stereocenters. The van der Waals surface area contributed by atoms with Crippen LogP contribution in [0.15, 0.2) is 47.4 Å². The summed E-state index contributed by atoms with van der Waals surface area (Å²) in [5.41, 5.74) is 1.76. The van der Waals surface area contributed by atoms with Crippen LogP contribution < -0.4 is 5.32 Å². The molecule has 0 bridgehead atoms. The van der Waals surface area contributed by atoms with E-state index in [0.717, 1.165) is 35.9 Å². The van der Waals surface area contributed by atoms with Gasteiger partial charge in [0.1, 0.15) is 5.82 Å². The lowest BCUT2D eigenvalue weighted by Crippen LogP contribution is -2.12. The molecule has 0 spiro atoms. The van der Waals surface area contributed by atoms with Crippen molar-refractivity contribution < 1.29 is 0 Å². The van der Waals surface area contributed by atoms with Crippen LogP contribution in [0.3, 0.4) is 0 Å². The zero-order valence-corrected chi connectivity index (χ0v) is 12.4. The fourth-order valence-corrected chi connectivity index (χ4v) is 2.82. The van der Waals surface area contributed by atoms with E-state index >= 15 is 0 Å². The molecule has 22 heavy (non-hydrogen) atoms. The van der Waals surface area contributed by atoms with E-state index in [9.17, 15) is 0 Å². The van der Waals surface area contributed by atoms with E-state index < -0.39 is 0 Å². The molecule has 4 heterocycles. The van der Waals surface area contributed by atoms with Gasteiger partial charge in [0.25, 0.3) is 0 Å². The minimum absolute atomic E-state index is 0.735. The summed E-state index contributed by atoms with van der Waals surface area (Å²) in [5.74, 6) is 1.54. The Hall–Kier alpha value is -2.74. The Morgan fingerprint density at radius 2 is 2.18 bits per heavy atom. The first-order valence-corrected chi connectivity index (χ1v) is 7.81. The van der Waals surface area contributed by atoms with Gasteiger partial charge in [0.05, 0.1) is 6.54 Å². The largest absolute Gasteiger partial charge is 0.367 e. The first kappa shape index (κ1) is 13.0. The zero-order chi connectivity index (χ0) is 14.8. The average Bonchev–Trinajstić information content (AvgIpc) is 3.28. The van der Waals surface area contributed by atoms with Gasteiger partial charge in [-0.2, -0.15) is 21.0 Å². The molecule has 4 aromatic rings. The molecule has 0 amide bonds. The van der Waals surface area contributed by atoms with Crippen molar-refractivity contribution in [3.8, 4) is 11.4 Å². The summed E-state index contributed by atoms with van der Waals surface area (Å²) in [6.07, 6.45) is 3.71. The molecule has 1 N–H and O–H groups in total. The Bertz CT molecular complexity index is 864. The molecule has 0 aliphatic rings. The number of anilines is 1. The molecule has 110 valence electrons. The molecule has 8 heteroatoms. The molecule has 0 fully saturated rings. The summed E-state index contributed by atoms with van der Waals surface area (Å²) >= 11 is 1.63. The zero-order valence-electron chi connectivity index (χ0n) is 11.6. The second-order valence-electron chi connectivity index (χ2n) is 4.72. The molecule has 0 saturated heterocycles. The molecule has 0 aromatic carbocycles. The Morgan fingerprint density at radius 1 is 1.18 bits per heavy atom. The maximum Gasteiger partial charge on any atom is 0.186 e. The summed E-state index contributed by atoms with van der Waals surface area (Å²) in [6, 6.07) is 7.74. The summed E-state index contributed by atoms with van der Waals surface area (Å²) in [4.78, 5) is 0. The Kier molecular flexibility index (Phi) is 3.28. The van der Waals surface area contributed by atoms with Crippen molar-refractivity contribution in [1.29, 1.82) is 0 Å². The van der Waals surface area contributed by atoms with Gasteiger partial charge in [-0.15, -0.1) is 15.3 Å². The highest BCUT2D eigenvalue weighted by Gasteiger charge is 2.10. The molecular weight excluding hydrogens is 298 g/mol. The Balaban J connectivity index is 1.56. The molecule has 0 atom stereocenters. The average molecular weight is 311 g/mol. The number of nitrogens with one attached hydrogen (secondary N) is 1. The predicted octanol–water partition coefficient (Wildman–Crippen LogP) is 2.16. The smallest absolute Gasteiger partial charge is 0.186 e. The monoisotopic (exact) mass is 311 g/mol. The van der Waals surface area contributed by atoms with Gasteiger partial charge in [-0.05, 0) is 29.6 Å². The first-order valence-electron chi connectivity index (χ1n) is 6.86. The molecular formula is C14H13N7S. The van der Waals surface area contributed by atoms with Crippen molar-refractivity contribution in [2.24, 2.45) is 0 Å². The normalized spacial score (nSPS) is 11.1. The predicted molar refractivity (Wildman–Crippen MR) is 84.8 cm³/mol. The number of aromatic nitrogens is 6. The molecule has 7 nitrogen and oxygen atoms in total. The van der Waals surface area contributed by atoms with Crippen LogP contribution in [0.1, 0.15) is 0 Å². The van der Waals surface area contributed by atoms with E-state index in [1.165, 1.54) is 0 Å². The number of thiophene rings is 1. The number of rotatable bonds is 5. The third-order valence-corrected chi connectivity index (χ3v) is 3.93. The molecule has 0 aliphatic heterocycles. The van der Waals surface area contributed by atoms with Crippen LogP contribution in [-0.4, -0.2) is 36.1 Å². The fraction of sp³-hybridized carbons (Fsp3) is 0.143. The highest BCUT2D eigenvalue weighted by atomic mass is 32.1. The second kappa shape index (κ2) is 5.57. The van der Waals surface area contributed by atoms with Crippen LogP contribution >= 0.6 is 11.3 Å². The van der Waals surface area contributed by atoms with Crippen molar-refractivity contribution in [1.82, 2.24) is 29.6 Å². The molecule has 4 aromatic heterocycles. The number of fused-ring (bicyclic) bond motifs is 1. The van der Waals surface area contributed by atoms with Crippen molar-refractivity contribution in [2.75, 3.05) is 11.9 Å². The van der Waals surface area contributed by atoms with E-state index in [-0.39, 0.29) is 0 Å².